The average Bonchev–Trinajstić information content (AvgIpc) is 2.74. The molecule has 0 aliphatic heterocycles. The van der Waals surface area contributed by atoms with Crippen LogP contribution in [-0.4, -0.2) is 12.8 Å². The van der Waals surface area contributed by atoms with Gasteiger partial charge in [0.2, 0.25) is 0 Å². The SMILES string of the molecule is CCCCC(CC)CNc1sc(C#N)c(N)c1SC. The lowest BCUT2D eigenvalue weighted by atomic mass is 9.99. The molecule has 0 fully saturated rings. The Bertz CT molecular complexity index is 435. The molecular formula is C14H23N3S2. The fourth-order valence-corrected chi connectivity index (χ4v) is 3.85. The van der Waals surface area contributed by atoms with Crippen molar-refractivity contribution in [2.24, 2.45) is 5.92 Å². The van der Waals surface area contributed by atoms with Crippen LogP contribution in [0.1, 0.15) is 44.4 Å². The van der Waals surface area contributed by atoms with Gasteiger partial charge < -0.3 is 11.1 Å². The zero-order valence-electron chi connectivity index (χ0n) is 12.0. The second-order valence-corrected chi connectivity index (χ2v) is 6.45. The lowest BCUT2D eigenvalue weighted by molar-refractivity contribution is 0.473. The number of rotatable bonds is 8. The molecule has 1 unspecified atom stereocenters. The first-order valence-electron chi connectivity index (χ1n) is 6.78. The quantitative estimate of drug-likeness (QED) is 0.691. The minimum absolute atomic E-state index is 0.619. The van der Waals surface area contributed by atoms with Crippen LogP contribution in [0.2, 0.25) is 0 Å². The molecule has 3 N–H and O–H groups in total. The lowest BCUT2D eigenvalue weighted by Crippen LogP contribution is -2.13. The van der Waals surface area contributed by atoms with Gasteiger partial charge in [-0.25, -0.2) is 0 Å². The van der Waals surface area contributed by atoms with Crippen LogP contribution in [-0.2, 0) is 0 Å². The van der Waals surface area contributed by atoms with Gasteiger partial charge in [-0.3, -0.25) is 0 Å². The number of hydrogen-bond donors (Lipinski definition) is 2. The highest BCUT2D eigenvalue weighted by molar-refractivity contribution is 7.99. The number of nitrogen functional groups attached to an aromatic ring is 1. The topological polar surface area (TPSA) is 61.8 Å². The molecule has 1 heterocycles. The van der Waals surface area contributed by atoms with Crippen molar-refractivity contribution in [3.63, 3.8) is 0 Å². The molecule has 0 aliphatic rings. The third-order valence-electron chi connectivity index (χ3n) is 3.30. The molecule has 3 nitrogen and oxygen atoms in total. The first-order chi connectivity index (χ1) is 9.17. The third-order valence-corrected chi connectivity index (χ3v) is 5.33. The maximum atomic E-state index is 9.03. The summed E-state index contributed by atoms with van der Waals surface area (Å²) in [6.45, 7) is 5.43. The summed E-state index contributed by atoms with van der Waals surface area (Å²) in [6, 6.07) is 2.17. The van der Waals surface area contributed by atoms with Gasteiger partial charge in [-0.05, 0) is 18.6 Å². The number of thioether (sulfide) groups is 1. The number of nitrogens with two attached hydrogens (primary N) is 1. The molecule has 5 heteroatoms. The van der Waals surface area contributed by atoms with E-state index >= 15 is 0 Å². The second kappa shape index (κ2) is 8.34. The van der Waals surface area contributed by atoms with E-state index in [1.807, 2.05) is 6.26 Å². The van der Waals surface area contributed by atoms with Gasteiger partial charge in [-0.1, -0.05) is 33.1 Å². The fraction of sp³-hybridized carbons (Fsp3) is 0.643. The Morgan fingerprint density at radius 1 is 1.47 bits per heavy atom. The molecule has 1 atom stereocenters. The smallest absolute Gasteiger partial charge is 0.131 e. The zero-order valence-corrected chi connectivity index (χ0v) is 13.6. The van der Waals surface area contributed by atoms with Crippen molar-refractivity contribution in [2.45, 2.75) is 44.4 Å². The normalized spacial score (nSPS) is 12.1. The summed E-state index contributed by atoms with van der Waals surface area (Å²) in [5, 5.41) is 13.6. The molecule has 1 aromatic heterocycles. The molecule has 1 rings (SSSR count). The van der Waals surface area contributed by atoms with Crippen molar-refractivity contribution in [1.82, 2.24) is 0 Å². The van der Waals surface area contributed by atoms with Crippen LogP contribution in [0.25, 0.3) is 0 Å². The fourth-order valence-electron chi connectivity index (χ4n) is 2.01. The van der Waals surface area contributed by atoms with Gasteiger partial charge in [-0.2, -0.15) is 5.26 Å². The molecule has 0 saturated heterocycles. The standard InChI is InChI=1S/C14H23N3S2/c1-4-6-7-10(5-2)9-17-14-13(18-3)12(16)11(8-15)19-14/h10,17H,4-7,9,16H2,1-3H3. The van der Waals surface area contributed by atoms with Gasteiger partial charge in [0.25, 0.3) is 0 Å². The van der Waals surface area contributed by atoms with Gasteiger partial charge in [-0.15, -0.1) is 23.1 Å². The molecule has 0 saturated carbocycles. The largest absolute Gasteiger partial charge is 0.396 e. The van der Waals surface area contributed by atoms with Crippen LogP contribution in [0.15, 0.2) is 4.90 Å². The van der Waals surface area contributed by atoms with Crippen LogP contribution in [0.4, 0.5) is 10.7 Å². The van der Waals surface area contributed by atoms with E-state index in [0.29, 0.717) is 16.5 Å². The number of anilines is 2. The van der Waals surface area contributed by atoms with Crippen LogP contribution in [0.3, 0.4) is 0 Å². The van der Waals surface area contributed by atoms with E-state index in [4.69, 9.17) is 11.0 Å². The van der Waals surface area contributed by atoms with E-state index in [9.17, 15) is 0 Å². The Kier molecular flexibility index (Phi) is 7.11. The van der Waals surface area contributed by atoms with E-state index in [1.165, 1.54) is 37.0 Å². The van der Waals surface area contributed by atoms with Crippen LogP contribution < -0.4 is 11.1 Å². The molecule has 1 aromatic rings. The summed E-state index contributed by atoms with van der Waals surface area (Å²) in [5.41, 5.74) is 6.60. The molecule has 0 aromatic carbocycles. The van der Waals surface area contributed by atoms with Crippen molar-refractivity contribution in [1.29, 1.82) is 5.26 Å². The highest BCUT2D eigenvalue weighted by Crippen LogP contribution is 2.41. The molecule has 0 bridgehead atoms. The number of hydrogen-bond acceptors (Lipinski definition) is 5. The first kappa shape index (κ1) is 16.2. The van der Waals surface area contributed by atoms with Crippen molar-refractivity contribution >= 4 is 33.8 Å². The Morgan fingerprint density at radius 2 is 2.21 bits per heavy atom. The van der Waals surface area contributed by atoms with Crippen molar-refractivity contribution < 1.29 is 0 Å². The minimum atomic E-state index is 0.619. The summed E-state index contributed by atoms with van der Waals surface area (Å²) >= 11 is 3.08. The van der Waals surface area contributed by atoms with Crippen molar-refractivity contribution in [2.75, 3.05) is 23.9 Å². The van der Waals surface area contributed by atoms with Crippen LogP contribution >= 0.6 is 23.1 Å². The monoisotopic (exact) mass is 297 g/mol. The first-order valence-corrected chi connectivity index (χ1v) is 8.82. The maximum absolute atomic E-state index is 9.03. The Balaban J connectivity index is 2.69. The molecule has 0 aliphatic carbocycles. The molecule has 0 spiro atoms. The van der Waals surface area contributed by atoms with E-state index in [2.05, 4.69) is 25.2 Å². The number of nitrogens with zero attached hydrogens (tertiary/aromatic N) is 1. The third kappa shape index (κ3) is 4.32. The summed E-state index contributed by atoms with van der Waals surface area (Å²) in [4.78, 5) is 1.64. The number of unbranched alkanes of at least 4 members (excludes halogenated alkanes) is 1. The van der Waals surface area contributed by atoms with Crippen molar-refractivity contribution in [3.05, 3.63) is 4.88 Å². The molecule has 0 radical (unpaired) electrons. The molecule has 19 heavy (non-hydrogen) atoms. The van der Waals surface area contributed by atoms with Crippen molar-refractivity contribution in [3.8, 4) is 6.07 Å². The Hall–Kier alpha value is -0.860. The number of nitrogens with one attached hydrogen (secondary N) is 1. The molecule has 0 amide bonds. The van der Waals surface area contributed by atoms with Gasteiger partial charge in [0.15, 0.2) is 0 Å². The zero-order chi connectivity index (χ0) is 14.3. The second-order valence-electron chi connectivity index (χ2n) is 4.62. The Morgan fingerprint density at radius 3 is 2.74 bits per heavy atom. The predicted molar refractivity (Wildman–Crippen MR) is 87.0 cm³/mol. The summed E-state index contributed by atoms with van der Waals surface area (Å²) in [7, 11) is 0. The maximum Gasteiger partial charge on any atom is 0.131 e. The lowest BCUT2D eigenvalue weighted by Gasteiger charge is -2.15. The highest BCUT2D eigenvalue weighted by Gasteiger charge is 2.16. The molecule has 106 valence electrons. The molecular weight excluding hydrogens is 274 g/mol. The predicted octanol–water partition coefficient (Wildman–Crippen LogP) is 4.55. The summed E-state index contributed by atoms with van der Waals surface area (Å²) in [6.07, 6.45) is 6.98. The van der Waals surface area contributed by atoms with E-state index in [0.717, 1.165) is 16.4 Å². The van der Waals surface area contributed by atoms with Crippen LogP contribution in [0, 0.1) is 17.2 Å². The summed E-state index contributed by atoms with van der Waals surface area (Å²) < 4.78 is 0. The van der Waals surface area contributed by atoms with E-state index < -0.39 is 0 Å². The number of thiophene rings is 1. The summed E-state index contributed by atoms with van der Waals surface area (Å²) in [5.74, 6) is 0.698. The minimum Gasteiger partial charge on any atom is -0.396 e. The van der Waals surface area contributed by atoms with Crippen LogP contribution in [0.5, 0.6) is 0 Å². The average molecular weight is 297 g/mol. The van der Waals surface area contributed by atoms with E-state index in [-0.39, 0.29) is 0 Å². The van der Waals surface area contributed by atoms with Gasteiger partial charge in [0, 0.05) is 6.54 Å². The Labute approximate surface area is 124 Å². The van der Waals surface area contributed by atoms with Gasteiger partial charge in [0.05, 0.1) is 10.6 Å². The number of nitriles is 1. The van der Waals surface area contributed by atoms with Gasteiger partial charge >= 0.3 is 0 Å². The van der Waals surface area contributed by atoms with Gasteiger partial charge in [0.1, 0.15) is 15.9 Å². The van der Waals surface area contributed by atoms with E-state index in [1.54, 1.807) is 11.8 Å². The highest BCUT2D eigenvalue weighted by atomic mass is 32.2.